The standard InChI is InChI=1S/C28H38F6O5S2/c1-40(35,36)27(31,32)26(29,30)28(33,34)41(37,38)39-25-23(20-13-7-3-8-14-20)17-22(19-11-5-2-6-12-19)18-24(25)21-15-9-4-10-16-21/h17-21H,2-16H2,1H3. The van der Waals surface area contributed by atoms with Crippen LogP contribution in [0.25, 0.3) is 0 Å². The molecule has 1 aromatic carbocycles. The van der Waals surface area contributed by atoms with Gasteiger partial charge in [-0.1, -0.05) is 69.9 Å². The number of benzene rings is 1. The first kappa shape index (κ1) is 32.4. The van der Waals surface area contributed by atoms with Crippen LogP contribution in [0.5, 0.6) is 5.75 Å². The molecule has 0 aromatic heterocycles. The van der Waals surface area contributed by atoms with Crippen LogP contribution in [0.15, 0.2) is 12.1 Å². The van der Waals surface area contributed by atoms with Crippen molar-refractivity contribution < 1.29 is 47.4 Å². The van der Waals surface area contributed by atoms with Crippen molar-refractivity contribution in [2.45, 2.75) is 130 Å². The third-order valence-corrected chi connectivity index (χ3v) is 11.5. The van der Waals surface area contributed by atoms with E-state index in [1.807, 2.05) is 0 Å². The van der Waals surface area contributed by atoms with Gasteiger partial charge in [-0.25, -0.2) is 8.42 Å². The Bertz CT molecular complexity index is 1260. The number of alkyl halides is 6. The summed E-state index contributed by atoms with van der Waals surface area (Å²) in [5.41, 5.74) is 1.58. The molecule has 5 nitrogen and oxygen atoms in total. The molecule has 4 rings (SSSR count). The Morgan fingerprint density at radius 1 is 0.610 bits per heavy atom. The molecule has 0 saturated heterocycles. The van der Waals surface area contributed by atoms with Crippen LogP contribution in [-0.4, -0.2) is 39.5 Å². The maximum absolute atomic E-state index is 15.0. The van der Waals surface area contributed by atoms with Gasteiger partial charge >= 0.3 is 26.5 Å². The molecule has 0 heterocycles. The number of hydrogen-bond donors (Lipinski definition) is 0. The number of sulfone groups is 1. The van der Waals surface area contributed by atoms with Crippen molar-refractivity contribution in [1.82, 2.24) is 0 Å². The molecule has 0 radical (unpaired) electrons. The van der Waals surface area contributed by atoms with Gasteiger partial charge in [-0.3, -0.25) is 0 Å². The number of hydrogen-bond acceptors (Lipinski definition) is 5. The van der Waals surface area contributed by atoms with Crippen molar-refractivity contribution in [3.8, 4) is 5.75 Å². The molecular formula is C28H38F6O5S2. The van der Waals surface area contributed by atoms with Crippen molar-refractivity contribution >= 4 is 20.0 Å². The van der Waals surface area contributed by atoms with E-state index in [0.717, 1.165) is 76.2 Å². The highest BCUT2D eigenvalue weighted by Crippen LogP contribution is 2.53. The SMILES string of the molecule is CS(=O)(=O)C(F)(F)C(F)(F)C(F)(F)S(=O)(=O)Oc1c(C2CCCCC2)cc(C2CCCCC2)cc1C1CCCCC1. The molecule has 0 bridgehead atoms. The van der Waals surface area contributed by atoms with Crippen molar-refractivity contribution in [1.29, 1.82) is 0 Å². The highest BCUT2D eigenvalue weighted by atomic mass is 32.2. The zero-order chi connectivity index (χ0) is 30.3. The van der Waals surface area contributed by atoms with E-state index in [9.17, 15) is 34.4 Å². The largest absolute Gasteiger partial charge is 0.450 e. The van der Waals surface area contributed by atoms with Crippen molar-refractivity contribution in [3.63, 3.8) is 0 Å². The van der Waals surface area contributed by atoms with Crippen LogP contribution < -0.4 is 4.18 Å². The molecular weight excluding hydrogens is 594 g/mol. The summed E-state index contributed by atoms with van der Waals surface area (Å²) in [6.45, 7) is 0. The highest BCUT2D eigenvalue weighted by molar-refractivity contribution is 7.92. The van der Waals surface area contributed by atoms with Gasteiger partial charge in [0.15, 0.2) is 0 Å². The molecule has 0 N–H and O–H groups in total. The Hall–Kier alpha value is -1.50. The molecule has 3 saturated carbocycles. The topological polar surface area (TPSA) is 77.5 Å². The Morgan fingerprint density at radius 3 is 1.34 bits per heavy atom. The molecule has 3 aliphatic rings. The van der Waals surface area contributed by atoms with Crippen LogP contribution in [0.2, 0.25) is 0 Å². The second-order valence-electron chi connectivity index (χ2n) is 12.0. The Balaban J connectivity index is 1.87. The van der Waals surface area contributed by atoms with Crippen molar-refractivity contribution in [2.24, 2.45) is 0 Å². The summed E-state index contributed by atoms with van der Waals surface area (Å²) in [5, 5.41) is -12.9. The minimum Gasteiger partial charge on any atom is -0.377 e. The lowest BCUT2D eigenvalue weighted by Crippen LogP contribution is -2.61. The maximum Gasteiger partial charge on any atom is 0.450 e. The predicted molar refractivity (Wildman–Crippen MR) is 143 cm³/mol. The smallest absolute Gasteiger partial charge is 0.377 e. The fraction of sp³-hybridized carbons (Fsp3) is 0.786. The molecule has 0 amide bonds. The van der Waals surface area contributed by atoms with Gasteiger partial charge in [0, 0.05) is 6.26 Å². The lowest BCUT2D eigenvalue weighted by Gasteiger charge is -2.34. The zero-order valence-electron chi connectivity index (χ0n) is 23.1. The summed E-state index contributed by atoms with van der Waals surface area (Å²) < 4.78 is 141. The molecule has 13 heteroatoms. The first-order chi connectivity index (χ1) is 19.0. The van der Waals surface area contributed by atoms with E-state index in [1.54, 1.807) is 12.1 Å². The van der Waals surface area contributed by atoms with Crippen LogP contribution in [0.3, 0.4) is 0 Å². The molecule has 0 spiro atoms. The molecule has 0 atom stereocenters. The van der Waals surface area contributed by atoms with Crippen molar-refractivity contribution in [2.75, 3.05) is 6.26 Å². The zero-order valence-corrected chi connectivity index (χ0v) is 24.8. The van der Waals surface area contributed by atoms with E-state index in [-0.39, 0.29) is 24.0 Å². The van der Waals surface area contributed by atoms with Crippen LogP contribution in [-0.2, 0) is 20.0 Å². The van der Waals surface area contributed by atoms with E-state index in [1.165, 1.54) is 0 Å². The lowest BCUT2D eigenvalue weighted by molar-refractivity contribution is -0.245. The molecule has 3 fully saturated rings. The molecule has 0 unspecified atom stereocenters. The third kappa shape index (κ3) is 6.13. The monoisotopic (exact) mass is 632 g/mol. The van der Waals surface area contributed by atoms with Crippen molar-refractivity contribution in [3.05, 3.63) is 28.8 Å². The van der Waals surface area contributed by atoms with Gasteiger partial charge in [0.05, 0.1) is 0 Å². The molecule has 41 heavy (non-hydrogen) atoms. The Labute approximate surface area is 238 Å². The second-order valence-corrected chi connectivity index (χ2v) is 15.6. The van der Waals surface area contributed by atoms with Crippen LogP contribution in [0.4, 0.5) is 26.3 Å². The fourth-order valence-electron chi connectivity index (χ4n) is 6.62. The normalized spacial score (nSPS) is 21.6. The molecule has 1 aromatic rings. The Morgan fingerprint density at radius 2 is 0.976 bits per heavy atom. The maximum atomic E-state index is 15.0. The summed E-state index contributed by atoms with van der Waals surface area (Å²) in [6.07, 6.45) is 12.0. The summed E-state index contributed by atoms with van der Waals surface area (Å²) in [5.74, 6) is -7.69. The molecule has 3 aliphatic carbocycles. The summed E-state index contributed by atoms with van der Waals surface area (Å²) >= 11 is 0. The molecule has 0 aliphatic heterocycles. The van der Waals surface area contributed by atoms with Gasteiger partial charge in [0.1, 0.15) is 5.75 Å². The lowest BCUT2D eigenvalue weighted by atomic mass is 9.75. The van der Waals surface area contributed by atoms with Gasteiger partial charge in [0.2, 0.25) is 9.84 Å². The third-order valence-electron chi connectivity index (χ3n) is 9.04. The van der Waals surface area contributed by atoms with E-state index >= 15 is 8.78 Å². The van der Waals surface area contributed by atoms with Gasteiger partial charge in [-0.2, -0.15) is 34.8 Å². The van der Waals surface area contributed by atoms with Crippen LogP contribution in [0.1, 0.15) is 131 Å². The average Bonchev–Trinajstić information content (AvgIpc) is 2.93. The van der Waals surface area contributed by atoms with Gasteiger partial charge in [-0.05, 0) is 73.0 Å². The summed E-state index contributed by atoms with van der Waals surface area (Å²) in [4.78, 5) is 0. The second kappa shape index (κ2) is 11.9. The molecule has 234 valence electrons. The Kier molecular flexibility index (Phi) is 9.39. The summed E-state index contributed by atoms with van der Waals surface area (Å²) in [7, 11) is -12.9. The minimum atomic E-state index is -6.80. The van der Waals surface area contributed by atoms with Crippen LogP contribution >= 0.6 is 0 Å². The minimum absolute atomic E-state index is 0.165. The van der Waals surface area contributed by atoms with E-state index in [4.69, 9.17) is 4.18 Å². The average molecular weight is 633 g/mol. The first-order valence-electron chi connectivity index (χ1n) is 14.5. The van der Waals surface area contributed by atoms with Gasteiger partial charge in [-0.15, -0.1) is 0 Å². The highest BCUT2D eigenvalue weighted by Gasteiger charge is 2.82. The van der Waals surface area contributed by atoms with Gasteiger partial charge < -0.3 is 4.18 Å². The fourth-order valence-corrected chi connectivity index (χ4v) is 8.24. The first-order valence-corrected chi connectivity index (χ1v) is 17.8. The van der Waals surface area contributed by atoms with E-state index < -0.39 is 42.1 Å². The number of halogens is 6. The van der Waals surface area contributed by atoms with Crippen LogP contribution in [0, 0.1) is 0 Å². The van der Waals surface area contributed by atoms with Gasteiger partial charge in [0.25, 0.3) is 0 Å². The number of rotatable bonds is 9. The van der Waals surface area contributed by atoms with E-state index in [0.29, 0.717) is 36.8 Å². The summed E-state index contributed by atoms with van der Waals surface area (Å²) in [6, 6.07) is 3.48. The van der Waals surface area contributed by atoms with E-state index in [2.05, 4.69) is 0 Å². The predicted octanol–water partition coefficient (Wildman–Crippen LogP) is 8.40. The quantitative estimate of drug-likeness (QED) is 0.202.